The lowest BCUT2D eigenvalue weighted by Gasteiger charge is -2.25. The van der Waals surface area contributed by atoms with Gasteiger partial charge < -0.3 is 9.47 Å². The van der Waals surface area contributed by atoms with Crippen molar-refractivity contribution in [3.8, 4) is 11.5 Å². The molecule has 0 amide bonds. The van der Waals surface area contributed by atoms with Crippen LogP contribution in [0.1, 0.15) is 30.9 Å². The molecule has 4 nitrogen and oxygen atoms in total. The van der Waals surface area contributed by atoms with E-state index >= 15 is 0 Å². The monoisotopic (exact) mass is 387 g/mol. The third-order valence-corrected chi connectivity index (χ3v) is 6.10. The molecule has 0 aromatic heterocycles. The molecule has 2 atom stereocenters. The van der Waals surface area contributed by atoms with Crippen LogP contribution in [0.25, 0.3) is 0 Å². The first kappa shape index (κ1) is 21.2. The first-order valence-corrected chi connectivity index (χ1v) is 10.3. The molecule has 2 aromatic rings. The van der Waals surface area contributed by atoms with Crippen molar-refractivity contribution in [1.29, 1.82) is 0 Å². The molecule has 0 fully saturated rings. The summed E-state index contributed by atoms with van der Waals surface area (Å²) >= 11 is 0. The van der Waals surface area contributed by atoms with Gasteiger partial charge in [-0.05, 0) is 55.2 Å². The molecule has 5 heteroatoms. The van der Waals surface area contributed by atoms with Gasteiger partial charge in [-0.1, -0.05) is 30.3 Å². The van der Waals surface area contributed by atoms with Crippen molar-refractivity contribution in [3.63, 3.8) is 0 Å². The van der Waals surface area contributed by atoms with Crippen LogP contribution in [0.15, 0.2) is 61.2 Å². The minimum atomic E-state index is -1.10. The molecule has 0 aliphatic heterocycles. The Morgan fingerprint density at radius 1 is 0.963 bits per heavy atom. The largest absolute Gasteiger partial charge is 0.497 e. The number of allylic oxidation sites excluding steroid dienone is 1. The summed E-state index contributed by atoms with van der Waals surface area (Å²) in [6.07, 6.45) is 3.61. The van der Waals surface area contributed by atoms with Gasteiger partial charge in [0.05, 0.1) is 25.2 Å². The Morgan fingerprint density at radius 2 is 1.41 bits per heavy atom. The van der Waals surface area contributed by atoms with Gasteiger partial charge in [-0.2, -0.15) is 0 Å². The molecule has 27 heavy (non-hydrogen) atoms. The summed E-state index contributed by atoms with van der Waals surface area (Å²) < 4.78 is 25.6. The summed E-state index contributed by atoms with van der Waals surface area (Å²) in [5, 5.41) is 0.0690. The maximum Gasteiger partial charge on any atom is 0.118 e. The van der Waals surface area contributed by atoms with Gasteiger partial charge in [0.2, 0.25) is 0 Å². The number of benzene rings is 2. The van der Waals surface area contributed by atoms with E-state index in [-0.39, 0.29) is 5.25 Å². The quantitative estimate of drug-likeness (QED) is 0.524. The molecule has 0 aliphatic rings. The van der Waals surface area contributed by atoms with Gasteiger partial charge >= 0.3 is 0 Å². The SMILES string of the molecule is C=CCCC(C)S(=O)N(Cc1ccc(OC)cc1)Cc1ccc(OC)cc1. The maximum atomic E-state index is 13.2. The molecule has 2 unspecified atom stereocenters. The van der Waals surface area contributed by atoms with E-state index in [0.717, 1.165) is 35.5 Å². The lowest BCUT2D eigenvalue weighted by Crippen LogP contribution is -2.31. The smallest absolute Gasteiger partial charge is 0.118 e. The second kappa shape index (κ2) is 10.9. The number of hydrogen-bond donors (Lipinski definition) is 0. The lowest BCUT2D eigenvalue weighted by molar-refractivity contribution is 0.410. The van der Waals surface area contributed by atoms with Crippen molar-refractivity contribution in [2.45, 2.75) is 38.1 Å². The van der Waals surface area contributed by atoms with Crippen LogP contribution in [0.3, 0.4) is 0 Å². The van der Waals surface area contributed by atoms with E-state index in [0.29, 0.717) is 13.1 Å². The number of nitrogens with zero attached hydrogens (tertiary/aromatic N) is 1. The van der Waals surface area contributed by atoms with Crippen LogP contribution < -0.4 is 9.47 Å². The standard InChI is InChI=1S/C22H29NO3S/c1-5-6-7-18(2)27(24)23(16-19-8-12-21(25-3)13-9-19)17-20-10-14-22(26-4)15-11-20/h5,8-15,18H,1,6-7,16-17H2,2-4H3. The highest BCUT2D eigenvalue weighted by Gasteiger charge is 2.20. The molecule has 2 rings (SSSR count). The first-order chi connectivity index (χ1) is 13.1. The summed E-state index contributed by atoms with van der Waals surface area (Å²) in [7, 11) is 2.21. The summed E-state index contributed by atoms with van der Waals surface area (Å²) in [6, 6.07) is 15.8. The fourth-order valence-corrected chi connectivity index (χ4v) is 4.16. The van der Waals surface area contributed by atoms with Crippen LogP contribution in [0.5, 0.6) is 11.5 Å². The molecule has 0 saturated carbocycles. The third-order valence-electron chi connectivity index (χ3n) is 4.41. The van der Waals surface area contributed by atoms with Crippen molar-refractivity contribution in [1.82, 2.24) is 4.31 Å². The van der Waals surface area contributed by atoms with Crippen LogP contribution in [-0.4, -0.2) is 28.0 Å². The van der Waals surface area contributed by atoms with Crippen LogP contribution in [-0.2, 0) is 24.1 Å². The molecule has 0 heterocycles. The van der Waals surface area contributed by atoms with Crippen LogP contribution in [0, 0.1) is 0 Å². The fraction of sp³-hybridized carbons (Fsp3) is 0.364. The molecule has 0 radical (unpaired) electrons. The minimum Gasteiger partial charge on any atom is -0.497 e. The van der Waals surface area contributed by atoms with E-state index < -0.39 is 11.0 Å². The zero-order valence-corrected chi connectivity index (χ0v) is 17.2. The Morgan fingerprint density at radius 3 is 1.78 bits per heavy atom. The van der Waals surface area contributed by atoms with E-state index in [9.17, 15) is 4.21 Å². The van der Waals surface area contributed by atoms with Crippen molar-refractivity contribution in [2.75, 3.05) is 14.2 Å². The lowest BCUT2D eigenvalue weighted by atomic mass is 10.2. The third kappa shape index (κ3) is 6.52. The Labute approximate surface area is 165 Å². The van der Waals surface area contributed by atoms with Gasteiger partial charge in [0.25, 0.3) is 0 Å². The topological polar surface area (TPSA) is 38.8 Å². The summed E-state index contributed by atoms with van der Waals surface area (Å²) in [5.41, 5.74) is 2.21. The van der Waals surface area contributed by atoms with E-state index in [1.165, 1.54) is 0 Å². The highest BCUT2D eigenvalue weighted by atomic mass is 32.2. The predicted octanol–water partition coefficient (Wildman–Crippen LogP) is 4.72. The zero-order valence-electron chi connectivity index (χ0n) is 16.4. The van der Waals surface area contributed by atoms with Crippen molar-refractivity contribution in [2.24, 2.45) is 0 Å². The van der Waals surface area contributed by atoms with E-state index in [2.05, 4.69) is 6.58 Å². The fourth-order valence-electron chi connectivity index (χ4n) is 2.76. The average molecular weight is 388 g/mol. The minimum absolute atomic E-state index is 0.0690. The van der Waals surface area contributed by atoms with Gasteiger partial charge in [0, 0.05) is 18.3 Å². The van der Waals surface area contributed by atoms with Gasteiger partial charge in [-0.3, -0.25) is 0 Å². The molecule has 0 N–H and O–H groups in total. The van der Waals surface area contributed by atoms with Gasteiger partial charge in [-0.25, -0.2) is 8.51 Å². The average Bonchev–Trinajstić information content (AvgIpc) is 2.72. The van der Waals surface area contributed by atoms with E-state index in [4.69, 9.17) is 9.47 Å². The predicted molar refractivity (Wildman–Crippen MR) is 112 cm³/mol. The van der Waals surface area contributed by atoms with Crippen molar-refractivity contribution >= 4 is 11.0 Å². The van der Waals surface area contributed by atoms with Crippen LogP contribution in [0.4, 0.5) is 0 Å². The van der Waals surface area contributed by atoms with Crippen LogP contribution >= 0.6 is 0 Å². The molecule has 0 spiro atoms. The van der Waals surface area contributed by atoms with Crippen molar-refractivity contribution < 1.29 is 13.7 Å². The Bertz CT molecular complexity index is 679. The summed E-state index contributed by atoms with van der Waals surface area (Å²) in [6.45, 7) is 7.03. The molecular weight excluding hydrogens is 358 g/mol. The number of ether oxygens (including phenoxy) is 2. The van der Waals surface area contributed by atoms with Gasteiger partial charge in [0.15, 0.2) is 0 Å². The van der Waals surface area contributed by atoms with E-state index in [1.54, 1.807) is 14.2 Å². The highest BCUT2D eigenvalue weighted by Crippen LogP contribution is 2.20. The Hall–Kier alpha value is -2.11. The second-order valence-corrected chi connectivity index (χ2v) is 8.32. The van der Waals surface area contributed by atoms with Crippen LogP contribution in [0.2, 0.25) is 0 Å². The number of hydrogen-bond acceptors (Lipinski definition) is 3. The van der Waals surface area contributed by atoms with Gasteiger partial charge in [0.1, 0.15) is 11.5 Å². The number of rotatable bonds is 11. The zero-order chi connectivity index (χ0) is 19.6. The summed E-state index contributed by atoms with van der Waals surface area (Å²) in [5.74, 6) is 1.64. The first-order valence-electron chi connectivity index (χ1n) is 9.09. The highest BCUT2D eigenvalue weighted by molar-refractivity contribution is 7.83. The Kier molecular flexibility index (Phi) is 8.55. The van der Waals surface area contributed by atoms with E-state index in [1.807, 2.05) is 65.8 Å². The molecule has 0 aliphatic carbocycles. The molecule has 146 valence electrons. The van der Waals surface area contributed by atoms with Crippen molar-refractivity contribution in [3.05, 3.63) is 72.3 Å². The Balaban J connectivity index is 2.17. The molecule has 0 saturated heterocycles. The second-order valence-electron chi connectivity index (χ2n) is 6.45. The molecular formula is C22H29NO3S. The number of methoxy groups -OCH3 is 2. The molecule has 2 aromatic carbocycles. The normalized spacial score (nSPS) is 13.2. The maximum absolute atomic E-state index is 13.2. The summed E-state index contributed by atoms with van der Waals surface area (Å²) in [4.78, 5) is 0. The van der Waals surface area contributed by atoms with Gasteiger partial charge in [-0.15, -0.1) is 6.58 Å². The molecule has 0 bridgehead atoms.